The van der Waals surface area contributed by atoms with Crippen LogP contribution in [0, 0.1) is 0 Å². The van der Waals surface area contributed by atoms with Gasteiger partial charge in [-0.2, -0.15) is 15.6 Å². The molecule has 1 fully saturated rings. The number of piperazine rings is 1. The van der Waals surface area contributed by atoms with Crippen LogP contribution in [0.5, 0.6) is 0 Å². The maximum Gasteiger partial charge on any atom is 0.243 e. The van der Waals surface area contributed by atoms with E-state index < -0.39 is 10.0 Å². The maximum absolute atomic E-state index is 12.7. The lowest BCUT2D eigenvalue weighted by Crippen LogP contribution is -2.50. The molecule has 8 heteroatoms. The van der Waals surface area contributed by atoms with Gasteiger partial charge in [-0.25, -0.2) is 8.42 Å². The molecule has 1 aliphatic rings. The van der Waals surface area contributed by atoms with Gasteiger partial charge in [-0.05, 0) is 47.0 Å². The molecule has 1 amide bonds. The normalized spacial score (nSPS) is 16.1. The highest BCUT2D eigenvalue weighted by Gasteiger charge is 2.30. The van der Waals surface area contributed by atoms with Crippen molar-refractivity contribution in [1.29, 1.82) is 0 Å². The number of carbonyl (C=O) groups excluding carboxylic acids is 1. The average molecular weight is 399 g/mol. The molecule has 0 spiro atoms. The van der Waals surface area contributed by atoms with Crippen molar-refractivity contribution in [1.82, 2.24) is 9.21 Å². The first-order valence-electron chi connectivity index (χ1n) is 8.01. The number of carbonyl (C=O) groups is 1. The van der Waals surface area contributed by atoms with Crippen LogP contribution in [-0.2, 0) is 21.2 Å². The molecule has 0 unspecified atom stereocenters. The number of halogens is 1. The summed E-state index contributed by atoms with van der Waals surface area (Å²) >= 11 is 7.52. The zero-order chi connectivity index (χ0) is 17.9. The molecule has 134 valence electrons. The zero-order valence-electron chi connectivity index (χ0n) is 13.6. The topological polar surface area (TPSA) is 57.7 Å². The number of sulfonamides is 1. The molecular weight excluding hydrogens is 380 g/mol. The largest absolute Gasteiger partial charge is 0.340 e. The Bertz CT molecular complexity index is 829. The van der Waals surface area contributed by atoms with Crippen molar-refractivity contribution in [3.8, 4) is 0 Å². The lowest BCUT2D eigenvalue weighted by atomic mass is 10.1. The standard InChI is InChI=1S/C17H19ClN2O3S2/c18-15-2-1-3-16(12-15)25(22,23)20-9-7-19(8-10-20)17(21)5-4-14-6-11-24-13-14/h1-3,6,11-13H,4-5,7-10H2. The first kappa shape index (κ1) is 18.4. The molecule has 1 aliphatic heterocycles. The minimum Gasteiger partial charge on any atom is -0.340 e. The minimum atomic E-state index is -3.57. The molecular formula is C17H19ClN2O3S2. The number of rotatable bonds is 5. The Balaban J connectivity index is 1.57. The number of hydrogen-bond acceptors (Lipinski definition) is 4. The molecule has 3 rings (SSSR count). The van der Waals surface area contributed by atoms with E-state index in [-0.39, 0.29) is 10.8 Å². The monoisotopic (exact) mass is 398 g/mol. The van der Waals surface area contributed by atoms with Crippen molar-refractivity contribution in [3.05, 3.63) is 51.7 Å². The highest BCUT2D eigenvalue weighted by Crippen LogP contribution is 2.21. The highest BCUT2D eigenvalue weighted by atomic mass is 35.5. The third-order valence-electron chi connectivity index (χ3n) is 4.23. The molecule has 0 radical (unpaired) electrons. The Kier molecular flexibility index (Phi) is 5.78. The molecule has 0 N–H and O–H groups in total. The van der Waals surface area contributed by atoms with E-state index >= 15 is 0 Å². The van der Waals surface area contributed by atoms with Gasteiger partial charge in [0.25, 0.3) is 0 Å². The molecule has 25 heavy (non-hydrogen) atoms. The van der Waals surface area contributed by atoms with Crippen LogP contribution in [0.15, 0.2) is 46.0 Å². The summed E-state index contributed by atoms with van der Waals surface area (Å²) in [5.74, 6) is 0.0750. The van der Waals surface area contributed by atoms with E-state index in [4.69, 9.17) is 11.6 Å². The Hall–Kier alpha value is -1.41. The number of aryl methyl sites for hydroxylation is 1. The van der Waals surface area contributed by atoms with Gasteiger partial charge in [0, 0.05) is 37.6 Å². The van der Waals surface area contributed by atoms with Gasteiger partial charge in [0.05, 0.1) is 4.90 Å². The fourth-order valence-electron chi connectivity index (χ4n) is 2.80. The van der Waals surface area contributed by atoms with E-state index in [1.165, 1.54) is 15.9 Å². The summed E-state index contributed by atoms with van der Waals surface area (Å²) in [6.45, 7) is 1.45. The van der Waals surface area contributed by atoms with Gasteiger partial charge < -0.3 is 4.90 Å². The second kappa shape index (κ2) is 7.86. The van der Waals surface area contributed by atoms with Crippen LogP contribution in [0.3, 0.4) is 0 Å². The molecule has 0 bridgehead atoms. The SMILES string of the molecule is O=C(CCc1ccsc1)N1CCN(S(=O)(=O)c2cccc(Cl)c2)CC1. The lowest BCUT2D eigenvalue weighted by molar-refractivity contribution is -0.132. The quantitative estimate of drug-likeness (QED) is 0.778. The van der Waals surface area contributed by atoms with E-state index in [9.17, 15) is 13.2 Å². The average Bonchev–Trinajstić information content (AvgIpc) is 3.13. The first-order chi connectivity index (χ1) is 12.0. The fraction of sp³-hybridized carbons (Fsp3) is 0.353. The molecule has 1 saturated heterocycles. The summed E-state index contributed by atoms with van der Waals surface area (Å²) in [7, 11) is -3.57. The first-order valence-corrected chi connectivity index (χ1v) is 10.8. The third kappa shape index (κ3) is 4.41. The molecule has 1 aromatic heterocycles. The smallest absolute Gasteiger partial charge is 0.243 e. The van der Waals surface area contributed by atoms with Crippen LogP contribution in [0.1, 0.15) is 12.0 Å². The maximum atomic E-state index is 12.7. The number of nitrogens with zero attached hydrogens (tertiary/aromatic N) is 2. The van der Waals surface area contributed by atoms with Crippen LogP contribution in [0.4, 0.5) is 0 Å². The number of benzene rings is 1. The number of amides is 1. The van der Waals surface area contributed by atoms with Gasteiger partial charge in [0.1, 0.15) is 0 Å². The van der Waals surface area contributed by atoms with Gasteiger partial charge in [0.15, 0.2) is 0 Å². The summed E-state index contributed by atoms with van der Waals surface area (Å²) < 4.78 is 26.7. The van der Waals surface area contributed by atoms with E-state index in [2.05, 4.69) is 0 Å². The summed E-state index contributed by atoms with van der Waals surface area (Å²) in [4.78, 5) is 14.2. The van der Waals surface area contributed by atoms with Crippen LogP contribution < -0.4 is 0 Å². The lowest BCUT2D eigenvalue weighted by Gasteiger charge is -2.34. The minimum absolute atomic E-state index is 0.0750. The molecule has 2 heterocycles. The predicted octanol–water partition coefficient (Wildman–Crippen LogP) is 2.87. The van der Waals surface area contributed by atoms with Crippen LogP contribution >= 0.6 is 22.9 Å². The van der Waals surface area contributed by atoms with Crippen LogP contribution in [-0.4, -0.2) is 49.7 Å². The second-order valence-electron chi connectivity index (χ2n) is 5.87. The van der Waals surface area contributed by atoms with Crippen molar-refractivity contribution in [3.63, 3.8) is 0 Å². The Labute approximate surface area is 156 Å². The molecule has 5 nitrogen and oxygen atoms in total. The van der Waals surface area contributed by atoms with Crippen LogP contribution in [0.25, 0.3) is 0 Å². The van der Waals surface area contributed by atoms with E-state index in [0.29, 0.717) is 37.6 Å². The van der Waals surface area contributed by atoms with Crippen LogP contribution in [0.2, 0.25) is 5.02 Å². The van der Waals surface area contributed by atoms with Crippen molar-refractivity contribution in [2.45, 2.75) is 17.7 Å². The Morgan fingerprint density at radius 3 is 2.56 bits per heavy atom. The van der Waals surface area contributed by atoms with E-state index in [0.717, 1.165) is 6.42 Å². The second-order valence-corrected chi connectivity index (χ2v) is 9.03. The summed E-state index contributed by atoms with van der Waals surface area (Å²) in [5, 5.41) is 4.44. The third-order valence-corrected chi connectivity index (χ3v) is 7.09. The van der Waals surface area contributed by atoms with Crippen molar-refractivity contribution < 1.29 is 13.2 Å². The van der Waals surface area contributed by atoms with Crippen molar-refractivity contribution in [2.75, 3.05) is 26.2 Å². The molecule has 2 aromatic rings. The Morgan fingerprint density at radius 1 is 1.16 bits per heavy atom. The van der Waals surface area contributed by atoms with Gasteiger partial charge in [0.2, 0.25) is 15.9 Å². The van der Waals surface area contributed by atoms with Gasteiger partial charge in [-0.1, -0.05) is 17.7 Å². The van der Waals surface area contributed by atoms with E-state index in [1.54, 1.807) is 34.4 Å². The fourth-order valence-corrected chi connectivity index (χ4v) is 5.23. The summed E-state index contributed by atoms with van der Waals surface area (Å²) in [5.41, 5.74) is 1.17. The summed E-state index contributed by atoms with van der Waals surface area (Å²) in [6.07, 6.45) is 1.18. The summed E-state index contributed by atoms with van der Waals surface area (Å²) in [6, 6.07) is 8.28. The van der Waals surface area contributed by atoms with Crippen molar-refractivity contribution >= 4 is 38.9 Å². The van der Waals surface area contributed by atoms with Gasteiger partial charge in [-0.15, -0.1) is 0 Å². The Morgan fingerprint density at radius 2 is 1.92 bits per heavy atom. The highest BCUT2D eigenvalue weighted by molar-refractivity contribution is 7.89. The molecule has 1 aromatic carbocycles. The predicted molar refractivity (Wildman–Crippen MR) is 99.4 cm³/mol. The zero-order valence-corrected chi connectivity index (χ0v) is 16.0. The number of hydrogen-bond donors (Lipinski definition) is 0. The number of thiophene rings is 1. The van der Waals surface area contributed by atoms with Gasteiger partial charge in [-0.3, -0.25) is 4.79 Å². The molecule has 0 atom stereocenters. The molecule has 0 saturated carbocycles. The van der Waals surface area contributed by atoms with Gasteiger partial charge >= 0.3 is 0 Å². The van der Waals surface area contributed by atoms with Crippen molar-refractivity contribution in [2.24, 2.45) is 0 Å². The van der Waals surface area contributed by atoms with E-state index in [1.807, 2.05) is 16.8 Å². The molecule has 0 aliphatic carbocycles.